The first kappa shape index (κ1) is 23.5. The molecule has 154 valence electrons. The van der Waals surface area contributed by atoms with Crippen LogP contribution in [0.4, 0.5) is 4.79 Å². The maximum absolute atomic E-state index is 11.8. The van der Waals surface area contributed by atoms with Gasteiger partial charge in [0.2, 0.25) is 0 Å². The molecule has 28 heavy (non-hydrogen) atoms. The van der Waals surface area contributed by atoms with Crippen LogP contribution in [0.5, 0.6) is 5.75 Å². The average molecular weight is 410 g/mol. The first-order valence-corrected chi connectivity index (χ1v) is 9.93. The molecule has 0 aliphatic carbocycles. The number of methoxy groups -OCH3 is 1. The Morgan fingerprint density at radius 2 is 1.93 bits per heavy atom. The molecule has 0 spiro atoms. The Balaban J connectivity index is 2.39. The number of carbonyl (C=O) groups excluding carboxylic acids is 4. The molecule has 0 aliphatic rings. The highest BCUT2D eigenvalue weighted by atomic mass is 32.2. The van der Waals surface area contributed by atoms with Gasteiger partial charge in [0.15, 0.2) is 12.4 Å². The summed E-state index contributed by atoms with van der Waals surface area (Å²) in [5.41, 5.74) is 1.35. The summed E-state index contributed by atoms with van der Waals surface area (Å²) in [6, 6.07) is 4.43. The third-order valence-corrected chi connectivity index (χ3v) is 4.73. The van der Waals surface area contributed by atoms with E-state index in [0.29, 0.717) is 17.1 Å². The van der Waals surface area contributed by atoms with E-state index in [0.717, 1.165) is 12.0 Å². The van der Waals surface area contributed by atoms with Gasteiger partial charge in [-0.25, -0.2) is 4.79 Å². The number of hydrogen-bond donors (Lipinski definition) is 2. The van der Waals surface area contributed by atoms with E-state index in [1.165, 1.54) is 25.8 Å². The van der Waals surface area contributed by atoms with Gasteiger partial charge in [-0.3, -0.25) is 19.7 Å². The summed E-state index contributed by atoms with van der Waals surface area (Å²) in [5, 5.41) is 4.67. The zero-order chi connectivity index (χ0) is 21.1. The van der Waals surface area contributed by atoms with E-state index in [1.807, 2.05) is 13.8 Å². The number of rotatable bonds is 10. The quantitative estimate of drug-likeness (QED) is 0.450. The van der Waals surface area contributed by atoms with Crippen LogP contribution in [0.1, 0.15) is 43.1 Å². The van der Waals surface area contributed by atoms with Crippen LogP contribution in [0.3, 0.4) is 0 Å². The van der Waals surface area contributed by atoms with Crippen LogP contribution >= 0.6 is 11.8 Å². The van der Waals surface area contributed by atoms with Gasteiger partial charge in [0.25, 0.3) is 5.91 Å². The molecule has 1 rings (SSSR count). The molecule has 0 saturated carbocycles. The van der Waals surface area contributed by atoms with E-state index in [4.69, 9.17) is 9.47 Å². The van der Waals surface area contributed by atoms with Gasteiger partial charge < -0.3 is 14.8 Å². The van der Waals surface area contributed by atoms with Crippen molar-refractivity contribution in [2.24, 2.45) is 0 Å². The van der Waals surface area contributed by atoms with E-state index < -0.39 is 24.5 Å². The van der Waals surface area contributed by atoms with Crippen molar-refractivity contribution in [2.45, 2.75) is 39.0 Å². The molecule has 1 aromatic rings. The molecule has 2 N–H and O–H groups in total. The lowest BCUT2D eigenvalue weighted by molar-refractivity contribution is -0.145. The van der Waals surface area contributed by atoms with Gasteiger partial charge in [0.05, 0.1) is 12.9 Å². The summed E-state index contributed by atoms with van der Waals surface area (Å²) >= 11 is 1.26. The summed E-state index contributed by atoms with van der Waals surface area (Å²) in [5.74, 6) is -0.267. The number of ketones is 1. The second-order valence-electron chi connectivity index (χ2n) is 6.07. The topological polar surface area (TPSA) is 111 Å². The van der Waals surface area contributed by atoms with E-state index in [1.54, 1.807) is 18.2 Å². The molecule has 3 amide bonds. The smallest absolute Gasteiger partial charge is 0.321 e. The van der Waals surface area contributed by atoms with E-state index >= 15 is 0 Å². The molecule has 1 atom stereocenters. The number of imide groups is 1. The highest BCUT2D eigenvalue weighted by molar-refractivity contribution is 7.99. The standard InChI is InChI=1S/C19H26N2O6S/c1-5-12(2)20-19(25)21-17(23)9-27-18(24)11-28-10-15-8-14(13(3)22)6-7-16(15)26-4/h6-8,12H,5,9-11H2,1-4H3,(H2,20,21,23,25)/t12-/m0/s1. The number of carbonyl (C=O) groups is 4. The van der Waals surface area contributed by atoms with Crippen LogP contribution in [0, 0.1) is 0 Å². The van der Waals surface area contributed by atoms with Crippen LogP contribution in [-0.4, -0.2) is 49.2 Å². The Morgan fingerprint density at radius 1 is 1.21 bits per heavy atom. The lowest BCUT2D eigenvalue weighted by Gasteiger charge is -2.12. The molecule has 0 bridgehead atoms. The maximum atomic E-state index is 11.8. The van der Waals surface area contributed by atoms with Crippen molar-refractivity contribution in [1.82, 2.24) is 10.6 Å². The Bertz CT molecular complexity index is 722. The SMILES string of the molecule is CC[C@H](C)NC(=O)NC(=O)COC(=O)CSCc1cc(C(C)=O)ccc1OC. The zero-order valence-electron chi connectivity index (χ0n) is 16.5. The number of ether oxygens (including phenoxy) is 2. The van der Waals surface area contributed by atoms with Gasteiger partial charge in [0, 0.05) is 22.9 Å². The molecule has 0 fully saturated rings. The number of esters is 1. The van der Waals surface area contributed by atoms with Crippen LogP contribution in [0.15, 0.2) is 18.2 Å². The minimum absolute atomic E-state index is 0.0137. The normalized spacial score (nSPS) is 11.3. The van der Waals surface area contributed by atoms with Crippen LogP contribution in [0.25, 0.3) is 0 Å². The van der Waals surface area contributed by atoms with Crippen molar-refractivity contribution in [1.29, 1.82) is 0 Å². The van der Waals surface area contributed by atoms with Crippen molar-refractivity contribution in [3.8, 4) is 5.75 Å². The molecule has 0 radical (unpaired) electrons. The van der Waals surface area contributed by atoms with E-state index in [9.17, 15) is 19.2 Å². The summed E-state index contributed by atoms with van der Waals surface area (Å²) in [6.07, 6.45) is 0.730. The fourth-order valence-electron chi connectivity index (χ4n) is 2.07. The van der Waals surface area contributed by atoms with E-state index in [-0.39, 0.29) is 17.6 Å². The van der Waals surface area contributed by atoms with Crippen LogP contribution in [-0.2, 0) is 20.1 Å². The maximum Gasteiger partial charge on any atom is 0.321 e. The molecule has 0 aliphatic heterocycles. The number of amides is 3. The first-order chi connectivity index (χ1) is 13.3. The minimum atomic E-state index is -0.699. The number of nitrogens with one attached hydrogen (secondary N) is 2. The lowest BCUT2D eigenvalue weighted by Crippen LogP contribution is -2.44. The van der Waals surface area contributed by atoms with Gasteiger partial charge >= 0.3 is 12.0 Å². The first-order valence-electron chi connectivity index (χ1n) is 8.78. The highest BCUT2D eigenvalue weighted by Crippen LogP contribution is 2.24. The van der Waals surface area contributed by atoms with Gasteiger partial charge in [-0.15, -0.1) is 11.8 Å². The second-order valence-corrected chi connectivity index (χ2v) is 7.05. The number of thioether (sulfide) groups is 1. The molecule has 0 unspecified atom stereocenters. The third kappa shape index (κ3) is 8.43. The molecule has 0 saturated heterocycles. The Labute approximate surface area is 168 Å². The molecule has 0 heterocycles. The highest BCUT2D eigenvalue weighted by Gasteiger charge is 2.13. The van der Waals surface area contributed by atoms with Gasteiger partial charge in [-0.1, -0.05) is 6.92 Å². The number of Topliss-reactive ketones (excluding diaryl/α,β-unsaturated/α-hetero) is 1. The Morgan fingerprint density at radius 3 is 2.54 bits per heavy atom. The van der Waals surface area contributed by atoms with Crippen LogP contribution in [0.2, 0.25) is 0 Å². The predicted octanol–water partition coefficient (Wildman–Crippen LogP) is 2.30. The van der Waals surface area contributed by atoms with Crippen molar-refractivity contribution >= 4 is 35.5 Å². The monoisotopic (exact) mass is 410 g/mol. The molecule has 0 aromatic heterocycles. The minimum Gasteiger partial charge on any atom is -0.496 e. The average Bonchev–Trinajstić information content (AvgIpc) is 2.65. The molecule has 8 nitrogen and oxygen atoms in total. The largest absolute Gasteiger partial charge is 0.496 e. The summed E-state index contributed by atoms with van der Waals surface area (Å²) < 4.78 is 10.1. The Hall–Kier alpha value is -2.55. The van der Waals surface area contributed by atoms with Crippen molar-refractivity contribution in [3.05, 3.63) is 29.3 Å². The number of benzene rings is 1. The summed E-state index contributed by atoms with van der Waals surface area (Å²) in [4.78, 5) is 46.4. The molecular formula is C19H26N2O6S. The second kappa shape index (κ2) is 12.0. The number of hydrogen-bond acceptors (Lipinski definition) is 7. The fourth-order valence-corrected chi connectivity index (χ4v) is 2.86. The van der Waals surface area contributed by atoms with Gasteiger partial charge in [-0.2, -0.15) is 0 Å². The van der Waals surface area contributed by atoms with Gasteiger partial charge in [0.1, 0.15) is 5.75 Å². The molecule has 9 heteroatoms. The zero-order valence-corrected chi connectivity index (χ0v) is 17.3. The Kier molecular flexibility index (Phi) is 10.1. The molecular weight excluding hydrogens is 384 g/mol. The lowest BCUT2D eigenvalue weighted by atomic mass is 10.1. The van der Waals surface area contributed by atoms with Crippen molar-refractivity contribution in [2.75, 3.05) is 19.5 Å². The van der Waals surface area contributed by atoms with Gasteiger partial charge in [-0.05, 0) is 38.5 Å². The summed E-state index contributed by atoms with van der Waals surface area (Å²) in [7, 11) is 1.53. The predicted molar refractivity (Wildman–Crippen MR) is 107 cm³/mol. The van der Waals surface area contributed by atoms with Crippen molar-refractivity contribution in [3.63, 3.8) is 0 Å². The fraction of sp³-hybridized carbons (Fsp3) is 0.474. The number of urea groups is 1. The molecule has 1 aromatic carbocycles. The van der Waals surface area contributed by atoms with E-state index in [2.05, 4.69) is 10.6 Å². The third-order valence-electron chi connectivity index (χ3n) is 3.77. The van der Waals surface area contributed by atoms with Crippen LogP contribution < -0.4 is 15.4 Å². The van der Waals surface area contributed by atoms with Crippen molar-refractivity contribution < 1.29 is 28.7 Å². The summed E-state index contributed by atoms with van der Waals surface area (Å²) in [6.45, 7) is 4.65.